The highest BCUT2D eigenvalue weighted by atomic mass is 19.4. The van der Waals surface area contributed by atoms with Gasteiger partial charge in [-0.25, -0.2) is 0 Å². The van der Waals surface area contributed by atoms with E-state index >= 15 is 0 Å². The minimum absolute atomic E-state index is 0.0264. The first-order valence-corrected chi connectivity index (χ1v) is 10.9. The van der Waals surface area contributed by atoms with Crippen molar-refractivity contribution in [2.45, 2.75) is 25.4 Å². The Hall–Kier alpha value is -4.02. The normalized spacial score (nSPS) is 11.7. The molecule has 1 heterocycles. The molecule has 0 saturated carbocycles. The first kappa shape index (κ1) is 27.6. The van der Waals surface area contributed by atoms with Crippen LogP contribution in [0.1, 0.15) is 32.8 Å². The Kier molecular flexibility index (Phi) is 8.46. The summed E-state index contributed by atoms with van der Waals surface area (Å²) in [4.78, 5) is 28.5. The minimum Gasteiger partial charge on any atom is -0.467 e. The van der Waals surface area contributed by atoms with Crippen molar-refractivity contribution in [3.63, 3.8) is 0 Å². The molecule has 196 valence electrons. The van der Waals surface area contributed by atoms with Crippen LogP contribution in [0.25, 0.3) is 0 Å². The van der Waals surface area contributed by atoms with Gasteiger partial charge in [0.1, 0.15) is 12.3 Å². The van der Waals surface area contributed by atoms with Crippen LogP contribution >= 0.6 is 0 Å². The molecule has 2 aromatic carbocycles. The number of furan rings is 1. The molecular weight excluding hydrogens is 502 g/mol. The third kappa shape index (κ3) is 7.48. The van der Waals surface area contributed by atoms with E-state index in [4.69, 9.17) is 4.42 Å². The Morgan fingerprint density at radius 1 is 0.838 bits per heavy atom. The standard InChI is InChI=1S/C26H22F6N2O3/c1-2-10-33(24(36)19-12-20(25(27,28)29)14-21(13-19)26(30,31)32)17-23(35)34(16-22-9-6-11-37-22)15-18-7-4-3-5-8-18/h2-9,11-14H,1,10,15-17H2. The monoisotopic (exact) mass is 524 g/mol. The van der Waals surface area contributed by atoms with Crippen molar-refractivity contribution in [1.82, 2.24) is 9.80 Å². The van der Waals surface area contributed by atoms with Crippen molar-refractivity contribution in [1.29, 1.82) is 0 Å². The summed E-state index contributed by atoms with van der Waals surface area (Å²) in [5.41, 5.74) is -3.34. The number of carbonyl (C=O) groups excluding carboxylic acids is 2. The number of alkyl halides is 6. The summed E-state index contributed by atoms with van der Waals surface area (Å²) in [7, 11) is 0. The number of nitrogens with zero attached hydrogens (tertiary/aromatic N) is 2. The van der Waals surface area contributed by atoms with Crippen LogP contribution in [0.4, 0.5) is 26.3 Å². The lowest BCUT2D eigenvalue weighted by atomic mass is 10.0. The third-order valence-corrected chi connectivity index (χ3v) is 5.29. The van der Waals surface area contributed by atoms with Gasteiger partial charge < -0.3 is 14.2 Å². The largest absolute Gasteiger partial charge is 0.467 e. The molecule has 0 spiro atoms. The van der Waals surface area contributed by atoms with Gasteiger partial charge >= 0.3 is 12.4 Å². The van der Waals surface area contributed by atoms with Crippen LogP contribution in [0, 0.1) is 0 Å². The molecule has 37 heavy (non-hydrogen) atoms. The van der Waals surface area contributed by atoms with E-state index in [0.29, 0.717) is 17.9 Å². The Morgan fingerprint density at radius 2 is 1.46 bits per heavy atom. The average molecular weight is 524 g/mol. The topological polar surface area (TPSA) is 53.8 Å². The predicted molar refractivity (Wildman–Crippen MR) is 122 cm³/mol. The van der Waals surface area contributed by atoms with Crippen LogP contribution in [0.2, 0.25) is 0 Å². The van der Waals surface area contributed by atoms with Crippen LogP contribution in [0.3, 0.4) is 0 Å². The molecule has 0 aliphatic heterocycles. The van der Waals surface area contributed by atoms with Crippen molar-refractivity contribution in [2.24, 2.45) is 0 Å². The number of amides is 2. The number of carbonyl (C=O) groups is 2. The van der Waals surface area contributed by atoms with E-state index in [-0.39, 0.29) is 25.7 Å². The number of hydrogen-bond donors (Lipinski definition) is 0. The molecule has 0 fully saturated rings. The Balaban J connectivity index is 1.91. The molecule has 5 nitrogen and oxygen atoms in total. The summed E-state index contributed by atoms with van der Waals surface area (Å²) >= 11 is 0. The minimum atomic E-state index is -5.12. The zero-order valence-electron chi connectivity index (χ0n) is 19.4. The van der Waals surface area contributed by atoms with E-state index in [1.807, 2.05) is 0 Å². The number of hydrogen-bond acceptors (Lipinski definition) is 3. The van der Waals surface area contributed by atoms with E-state index in [1.165, 1.54) is 17.2 Å². The quantitative estimate of drug-likeness (QED) is 0.248. The second-order valence-electron chi connectivity index (χ2n) is 8.08. The molecule has 0 atom stereocenters. The average Bonchev–Trinajstić information content (AvgIpc) is 3.35. The fourth-order valence-corrected chi connectivity index (χ4v) is 3.53. The molecule has 3 aromatic rings. The summed E-state index contributed by atoms with van der Waals surface area (Å²) in [5, 5.41) is 0. The molecule has 0 bridgehead atoms. The van der Waals surface area contributed by atoms with Gasteiger partial charge in [-0.2, -0.15) is 26.3 Å². The second kappa shape index (κ2) is 11.4. The number of halogens is 6. The van der Waals surface area contributed by atoms with Crippen molar-refractivity contribution in [3.05, 3.63) is 108 Å². The van der Waals surface area contributed by atoms with Crippen molar-refractivity contribution < 1.29 is 40.3 Å². The van der Waals surface area contributed by atoms with Gasteiger partial charge in [-0.15, -0.1) is 6.58 Å². The van der Waals surface area contributed by atoms with Gasteiger partial charge in [0, 0.05) is 18.7 Å². The van der Waals surface area contributed by atoms with Crippen LogP contribution in [0.5, 0.6) is 0 Å². The lowest BCUT2D eigenvalue weighted by molar-refractivity contribution is -0.143. The molecule has 3 rings (SSSR count). The van der Waals surface area contributed by atoms with Crippen molar-refractivity contribution >= 4 is 11.8 Å². The summed E-state index contributed by atoms with van der Waals surface area (Å²) in [6.45, 7) is 2.72. The predicted octanol–water partition coefficient (Wildman–Crippen LogP) is 6.17. The summed E-state index contributed by atoms with van der Waals surface area (Å²) in [6.07, 6.45) is -7.60. The van der Waals surface area contributed by atoms with E-state index in [9.17, 15) is 35.9 Å². The zero-order chi connectivity index (χ0) is 27.2. The Labute approximate surface area is 208 Å². The van der Waals surface area contributed by atoms with Gasteiger partial charge in [0.25, 0.3) is 5.91 Å². The highest BCUT2D eigenvalue weighted by Crippen LogP contribution is 2.36. The second-order valence-corrected chi connectivity index (χ2v) is 8.08. The van der Waals surface area contributed by atoms with Gasteiger partial charge in [-0.3, -0.25) is 9.59 Å². The maximum atomic E-state index is 13.3. The van der Waals surface area contributed by atoms with E-state index < -0.39 is 47.4 Å². The Bertz CT molecular complexity index is 1190. The number of rotatable bonds is 9. The molecule has 0 aliphatic rings. The van der Waals surface area contributed by atoms with Gasteiger partial charge in [-0.05, 0) is 35.9 Å². The smallest absolute Gasteiger partial charge is 0.416 e. The SMILES string of the molecule is C=CCN(CC(=O)N(Cc1ccccc1)Cc1ccco1)C(=O)c1cc(C(F)(F)F)cc(C(F)(F)F)c1. The van der Waals surface area contributed by atoms with E-state index in [1.54, 1.807) is 42.5 Å². The third-order valence-electron chi connectivity index (χ3n) is 5.29. The fraction of sp³-hybridized carbons (Fsp3) is 0.231. The van der Waals surface area contributed by atoms with Crippen molar-refractivity contribution in [2.75, 3.05) is 13.1 Å². The summed E-state index contributed by atoms with van der Waals surface area (Å²) in [5.74, 6) is -1.33. The molecule has 1 aromatic heterocycles. The molecule has 0 aliphatic carbocycles. The first-order valence-electron chi connectivity index (χ1n) is 10.9. The molecular formula is C26H22F6N2O3. The Morgan fingerprint density at radius 3 is 1.97 bits per heavy atom. The van der Waals surface area contributed by atoms with Crippen molar-refractivity contribution in [3.8, 4) is 0 Å². The lowest BCUT2D eigenvalue weighted by Crippen LogP contribution is -2.42. The maximum Gasteiger partial charge on any atom is 0.416 e. The molecule has 2 amide bonds. The summed E-state index contributed by atoms with van der Waals surface area (Å²) < 4.78 is 85.0. The van der Waals surface area contributed by atoms with Gasteiger partial charge in [0.05, 0.1) is 23.9 Å². The summed E-state index contributed by atoms with van der Waals surface area (Å²) in [6, 6.07) is 12.7. The first-order chi connectivity index (χ1) is 17.4. The fourth-order valence-electron chi connectivity index (χ4n) is 3.53. The maximum absolute atomic E-state index is 13.3. The van der Waals surface area contributed by atoms with E-state index in [0.717, 1.165) is 10.5 Å². The van der Waals surface area contributed by atoms with Gasteiger partial charge in [0.2, 0.25) is 5.91 Å². The zero-order valence-corrected chi connectivity index (χ0v) is 19.4. The van der Waals surface area contributed by atoms with E-state index in [2.05, 4.69) is 6.58 Å². The highest BCUT2D eigenvalue weighted by Gasteiger charge is 2.38. The molecule has 0 radical (unpaired) electrons. The molecule has 11 heteroatoms. The molecule has 0 unspecified atom stereocenters. The number of benzene rings is 2. The van der Waals surface area contributed by atoms with Crippen LogP contribution < -0.4 is 0 Å². The lowest BCUT2D eigenvalue weighted by Gasteiger charge is -2.27. The molecule has 0 saturated heterocycles. The van der Waals surface area contributed by atoms with Crippen LogP contribution in [0.15, 0.2) is 84.0 Å². The van der Waals surface area contributed by atoms with Gasteiger partial charge in [0.15, 0.2) is 0 Å². The molecule has 0 N–H and O–H groups in total. The van der Waals surface area contributed by atoms with Crippen LogP contribution in [-0.4, -0.2) is 34.7 Å². The van der Waals surface area contributed by atoms with Crippen LogP contribution in [-0.2, 0) is 30.2 Å². The van der Waals surface area contributed by atoms with Gasteiger partial charge in [-0.1, -0.05) is 36.4 Å². The highest BCUT2D eigenvalue weighted by molar-refractivity contribution is 5.97.